The molecule has 0 spiro atoms. The molecule has 0 fully saturated rings. The molecule has 0 atom stereocenters. The van der Waals surface area contributed by atoms with E-state index in [0.29, 0.717) is 11.4 Å². The molecule has 1 aromatic rings. The van der Waals surface area contributed by atoms with Gasteiger partial charge in [0, 0.05) is 11.4 Å². The number of anilines is 2. The van der Waals surface area contributed by atoms with Crippen molar-refractivity contribution in [1.82, 2.24) is 10.6 Å². The predicted octanol–water partition coefficient (Wildman–Crippen LogP) is 0.725. The Morgan fingerprint density at radius 3 is 2.05 bits per heavy atom. The molecule has 10 heteroatoms. The highest BCUT2D eigenvalue weighted by molar-refractivity contribution is 7.80. The molecule has 0 bridgehead atoms. The number of urea groups is 2. The number of amides is 4. The van der Waals surface area contributed by atoms with Gasteiger partial charge in [0.05, 0.1) is 0 Å². The first kappa shape index (κ1) is 16.6. The lowest BCUT2D eigenvalue weighted by atomic mass is 10.2. The van der Waals surface area contributed by atoms with Gasteiger partial charge in [-0.1, -0.05) is 6.07 Å². The molecule has 0 aromatic heterocycles. The highest BCUT2D eigenvalue weighted by Crippen LogP contribution is 2.20. The summed E-state index contributed by atoms with van der Waals surface area (Å²) in [4.78, 5) is 23.0. The SMILES string of the molecule is Cc1ccc(NC(=O)NC(N)=S)cc1NC(=O)NC(N)=S. The van der Waals surface area contributed by atoms with Crippen LogP contribution in [-0.4, -0.2) is 22.3 Å². The molecule has 0 heterocycles. The predicted molar refractivity (Wildman–Crippen MR) is 89.1 cm³/mol. The summed E-state index contributed by atoms with van der Waals surface area (Å²) < 4.78 is 0. The van der Waals surface area contributed by atoms with Gasteiger partial charge in [0.1, 0.15) is 0 Å². The minimum Gasteiger partial charge on any atom is -0.376 e. The number of thiocarbonyl (C=S) groups is 2. The monoisotopic (exact) mass is 326 g/mol. The first-order valence-corrected chi connectivity index (χ1v) is 6.45. The van der Waals surface area contributed by atoms with Gasteiger partial charge in [-0.2, -0.15) is 0 Å². The lowest BCUT2D eigenvalue weighted by Gasteiger charge is -2.12. The maximum Gasteiger partial charge on any atom is 0.325 e. The third-order valence-electron chi connectivity index (χ3n) is 2.22. The molecule has 8 nitrogen and oxygen atoms in total. The molecular formula is C11H14N6O2S2. The lowest BCUT2D eigenvalue weighted by Crippen LogP contribution is -2.38. The van der Waals surface area contributed by atoms with E-state index in [1.54, 1.807) is 25.1 Å². The van der Waals surface area contributed by atoms with E-state index >= 15 is 0 Å². The topological polar surface area (TPSA) is 134 Å². The fourth-order valence-electron chi connectivity index (χ4n) is 1.37. The lowest BCUT2D eigenvalue weighted by molar-refractivity contribution is 0.255. The summed E-state index contributed by atoms with van der Waals surface area (Å²) in [5.74, 6) is 0. The van der Waals surface area contributed by atoms with Crippen molar-refractivity contribution in [3.05, 3.63) is 23.8 Å². The molecule has 0 aliphatic heterocycles. The molecule has 0 unspecified atom stereocenters. The van der Waals surface area contributed by atoms with E-state index in [-0.39, 0.29) is 10.2 Å². The minimum atomic E-state index is -0.579. The number of hydrogen-bond donors (Lipinski definition) is 6. The molecular weight excluding hydrogens is 312 g/mol. The number of rotatable bonds is 2. The molecule has 0 saturated carbocycles. The van der Waals surface area contributed by atoms with Crippen molar-refractivity contribution in [2.75, 3.05) is 10.6 Å². The van der Waals surface area contributed by atoms with E-state index in [2.05, 4.69) is 45.7 Å². The molecule has 21 heavy (non-hydrogen) atoms. The van der Waals surface area contributed by atoms with Gasteiger partial charge in [-0.05, 0) is 49.1 Å². The summed E-state index contributed by atoms with van der Waals surface area (Å²) in [6.45, 7) is 1.79. The van der Waals surface area contributed by atoms with Crippen molar-refractivity contribution >= 4 is 58.1 Å². The zero-order valence-corrected chi connectivity index (χ0v) is 12.7. The van der Waals surface area contributed by atoms with Crippen LogP contribution in [0.3, 0.4) is 0 Å². The molecule has 0 saturated heterocycles. The van der Waals surface area contributed by atoms with E-state index in [0.717, 1.165) is 5.56 Å². The van der Waals surface area contributed by atoms with Gasteiger partial charge in [-0.25, -0.2) is 9.59 Å². The van der Waals surface area contributed by atoms with E-state index in [9.17, 15) is 9.59 Å². The minimum absolute atomic E-state index is 0.143. The Kier molecular flexibility index (Phi) is 5.81. The van der Waals surface area contributed by atoms with Gasteiger partial charge < -0.3 is 22.1 Å². The Bertz CT molecular complexity index is 604. The molecule has 0 aliphatic rings. The average molecular weight is 326 g/mol. The average Bonchev–Trinajstić information content (AvgIpc) is 2.31. The number of benzene rings is 1. The van der Waals surface area contributed by atoms with Crippen LogP contribution in [0.15, 0.2) is 18.2 Å². The van der Waals surface area contributed by atoms with Crippen LogP contribution in [0, 0.1) is 6.92 Å². The zero-order chi connectivity index (χ0) is 16.0. The zero-order valence-electron chi connectivity index (χ0n) is 11.0. The standard InChI is InChI=1S/C11H14N6O2S2/c1-5-2-3-6(14-10(18)16-8(12)20)4-7(5)15-11(19)17-9(13)21/h2-4H,1H3,(H4,12,14,16,18,20)(H4,13,15,17,19,21). The van der Waals surface area contributed by atoms with Crippen LogP contribution >= 0.6 is 24.4 Å². The number of nitrogens with one attached hydrogen (secondary N) is 4. The van der Waals surface area contributed by atoms with Crippen molar-refractivity contribution in [3.8, 4) is 0 Å². The highest BCUT2D eigenvalue weighted by atomic mass is 32.1. The number of aryl methyl sites for hydroxylation is 1. The van der Waals surface area contributed by atoms with Crippen molar-refractivity contribution in [1.29, 1.82) is 0 Å². The Morgan fingerprint density at radius 1 is 1.00 bits per heavy atom. The number of carbonyl (C=O) groups excluding carboxylic acids is 2. The third kappa shape index (κ3) is 6.01. The highest BCUT2D eigenvalue weighted by Gasteiger charge is 2.08. The van der Waals surface area contributed by atoms with E-state index in [4.69, 9.17) is 11.5 Å². The first-order valence-electron chi connectivity index (χ1n) is 5.63. The Labute approximate surface area is 131 Å². The molecule has 0 aliphatic carbocycles. The smallest absolute Gasteiger partial charge is 0.325 e. The first-order chi connectivity index (χ1) is 9.77. The second kappa shape index (κ2) is 7.36. The summed E-state index contributed by atoms with van der Waals surface area (Å²) in [6.07, 6.45) is 0. The molecule has 0 radical (unpaired) electrons. The van der Waals surface area contributed by atoms with Crippen LogP contribution in [0.25, 0.3) is 0 Å². The van der Waals surface area contributed by atoms with Gasteiger partial charge in [0.2, 0.25) is 0 Å². The summed E-state index contributed by atoms with van der Waals surface area (Å²) >= 11 is 9.11. The second-order valence-electron chi connectivity index (χ2n) is 3.92. The summed E-state index contributed by atoms with van der Waals surface area (Å²) in [6, 6.07) is 3.78. The van der Waals surface area contributed by atoms with Crippen molar-refractivity contribution in [3.63, 3.8) is 0 Å². The van der Waals surface area contributed by atoms with Gasteiger partial charge in [0.15, 0.2) is 10.2 Å². The van der Waals surface area contributed by atoms with Crippen LogP contribution < -0.4 is 32.7 Å². The van der Waals surface area contributed by atoms with Crippen LogP contribution in [0.1, 0.15) is 5.56 Å². The summed E-state index contributed by atoms with van der Waals surface area (Å²) in [5.41, 5.74) is 12.1. The van der Waals surface area contributed by atoms with E-state index in [1.807, 2.05) is 0 Å². The van der Waals surface area contributed by atoms with Crippen LogP contribution in [0.5, 0.6) is 0 Å². The van der Waals surface area contributed by atoms with Crippen molar-refractivity contribution in [2.24, 2.45) is 11.5 Å². The normalized spacial score (nSPS) is 9.38. The number of nitrogens with two attached hydrogens (primary N) is 2. The van der Waals surface area contributed by atoms with Crippen molar-refractivity contribution < 1.29 is 9.59 Å². The van der Waals surface area contributed by atoms with Gasteiger partial charge in [0.25, 0.3) is 0 Å². The van der Waals surface area contributed by atoms with E-state index < -0.39 is 12.1 Å². The van der Waals surface area contributed by atoms with E-state index in [1.165, 1.54) is 0 Å². The Morgan fingerprint density at radius 2 is 1.52 bits per heavy atom. The summed E-state index contributed by atoms with van der Waals surface area (Å²) in [7, 11) is 0. The Hall–Kier alpha value is -2.46. The maximum absolute atomic E-state index is 11.5. The van der Waals surface area contributed by atoms with Gasteiger partial charge in [-0.15, -0.1) is 0 Å². The van der Waals surface area contributed by atoms with Crippen LogP contribution in [-0.2, 0) is 0 Å². The number of hydrogen-bond acceptors (Lipinski definition) is 4. The molecule has 112 valence electrons. The fourth-order valence-corrected chi connectivity index (χ4v) is 1.56. The quantitative estimate of drug-likeness (QED) is 0.444. The molecule has 1 rings (SSSR count). The molecule has 4 amide bonds. The van der Waals surface area contributed by atoms with Crippen LogP contribution in [0.2, 0.25) is 0 Å². The van der Waals surface area contributed by atoms with Gasteiger partial charge >= 0.3 is 12.1 Å². The third-order valence-corrected chi connectivity index (χ3v) is 2.42. The second-order valence-corrected chi connectivity index (χ2v) is 4.80. The van der Waals surface area contributed by atoms with Gasteiger partial charge in [-0.3, -0.25) is 10.6 Å². The largest absolute Gasteiger partial charge is 0.376 e. The molecule has 1 aromatic carbocycles. The number of carbonyl (C=O) groups is 2. The van der Waals surface area contributed by atoms with Crippen molar-refractivity contribution in [2.45, 2.75) is 6.92 Å². The maximum atomic E-state index is 11.5. The molecule has 8 N–H and O–H groups in total. The Balaban J connectivity index is 2.80. The van der Waals surface area contributed by atoms with Crippen LogP contribution in [0.4, 0.5) is 21.0 Å². The fraction of sp³-hybridized carbons (Fsp3) is 0.0909. The summed E-state index contributed by atoms with van der Waals surface area (Å²) in [5, 5.41) is 9.23.